The number of amides is 1. The number of halogens is 3. The number of carbonyl (C=O) groups is 1. The van der Waals surface area contributed by atoms with Gasteiger partial charge in [0.05, 0.1) is 5.02 Å². The third kappa shape index (κ3) is 3.05. The van der Waals surface area contributed by atoms with E-state index in [1.165, 1.54) is 12.5 Å². The molecule has 4 nitrogen and oxygen atoms in total. The Balaban J connectivity index is 1.74. The molecule has 1 aromatic heterocycles. The number of nitrogens with zero attached hydrogens (tertiary/aromatic N) is 2. The minimum Gasteiger partial charge on any atom is -0.347 e. The molecule has 1 N–H and O–H groups in total. The Labute approximate surface area is 142 Å². The lowest BCUT2D eigenvalue weighted by Gasteiger charge is -2.38. The van der Waals surface area contributed by atoms with Gasteiger partial charge in [-0.2, -0.15) is 0 Å². The third-order valence-corrected chi connectivity index (χ3v) is 4.67. The summed E-state index contributed by atoms with van der Waals surface area (Å²) in [5.74, 6) is -0.124. The van der Waals surface area contributed by atoms with Gasteiger partial charge in [0.25, 0.3) is 5.91 Å². The Hall–Kier alpha value is -1.36. The molecule has 114 valence electrons. The van der Waals surface area contributed by atoms with E-state index in [1.54, 1.807) is 12.1 Å². The van der Waals surface area contributed by atoms with E-state index in [1.807, 2.05) is 6.07 Å². The van der Waals surface area contributed by atoms with E-state index in [2.05, 4.69) is 15.3 Å². The topological polar surface area (TPSA) is 54.9 Å². The Bertz CT molecular complexity index is 723. The van der Waals surface area contributed by atoms with Gasteiger partial charge in [-0.25, -0.2) is 9.97 Å². The van der Waals surface area contributed by atoms with Gasteiger partial charge >= 0.3 is 0 Å². The molecule has 0 spiro atoms. The Morgan fingerprint density at radius 3 is 2.64 bits per heavy atom. The largest absolute Gasteiger partial charge is 0.347 e. The SMILES string of the molecule is O=C(NC1CCC1c1ccc(Cl)cc1Cl)c1ncncc1Cl. The summed E-state index contributed by atoms with van der Waals surface area (Å²) >= 11 is 18.1. The van der Waals surface area contributed by atoms with E-state index in [0.29, 0.717) is 10.0 Å². The molecule has 22 heavy (non-hydrogen) atoms. The Kier molecular flexibility index (Phi) is 4.52. The van der Waals surface area contributed by atoms with Crippen molar-refractivity contribution >= 4 is 40.7 Å². The van der Waals surface area contributed by atoms with Crippen LogP contribution in [0, 0.1) is 0 Å². The second kappa shape index (κ2) is 6.41. The van der Waals surface area contributed by atoms with Gasteiger partial charge in [0.1, 0.15) is 12.0 Å². The molecule has 3 rings (SSSR count). The second-order valence-electron chi connectivity index (χ2n) is 5.15. The van der Waals surface area contributed by atoms with Crippen molar-refractivity contribution in [1.82, 2.24) is 15.3 Å². The molecule has 0 saturated heterocycles. The zero-order valence-electron chi connectivity index (χ0n) is 11.4. The van der Waals surface area contributed by atoms with Crippen LogP contribution in [0.15, 0.2) is 30.7 Å². The summed E-state index contributed by atoms with van der Waals surface area (Å²) in [6, 6.07) is 5.45. The maximum atomic E-state index is 12.2. The molecule has 1 aliphatic rings. The predicted molar refractivity (Wildman–Crippen MR) is 86.7 cm³/mol. The molecule has 2 aromatic rings. The first-order valence-electron chi connectivity index (χ1n) is 6.77. The molecule has 1 aliphatic carbocycles. The van der Waals surface area contributed by atoms with Gasteiger partial charge in [0, 0.05) is 28.2 Å². The lowest BCUT2D eigenvalue weighted by molar-refractivity contribution is 0.0899. The van der Waals surface area contributed by atoms with Crippen LogP contribution in [-0.2, 0) is 0 Å². The fourth-order valence-electron chi connectivity index (χ4n) is 2.56. The van der Waals surface area contributed by atoms with Crippen LogP contribution in [0.1, 0.15) is 34.8 Å². The number of nitrogens with one attached hydrogen (secondary N) is 1. The van der Waals surface area contributed by atoms with Crippen LogP contribution in [0.5, 0.6) is 0 Å². The summed E-state index contributed by atoms with van der Waals surface area (Å²) in [6.07, 6.45) is 4.55. The standard InChI is InChI=1S/C15H12Cl3N3O/c16-8-1-2-9(11(17)5-8)10-3-4-13(10)21-15(22)14-12(18)6-19-7-20-14/h1-2,5-7,10,13H,3-4H2,(H,21,22). The van der Waals surface area contributed by atoms with Crippen molar-refractivity contribution in [2.75, 3.05) is 0 Å². The lowest BCUT2D eigenvalue weighted by Crippen LogP contribution is -2.45. The van der Waals surface area contributed by atoms with Gasteiger partial charge in [0.2, 0.25) is 0 Å². The highest BCUT2D eigenvalue weighted by molar-refractivity contribution is 6.35. The first-order valence-corrected chi connectivity index (χ1v) is 7.91. The Morgan fingerprint density at radius 1 is 1.18 bits per heavy atom. The molecule has 2 atom stereocenters. The highest BCUT2D eigenvalue weighted by Crippen LogP contribution is 2.41. The molecule has 0 aliphatic heterocycles. The predicted octanol–water partition coefficient (Wildman–Crippen LogP) is 4.11. The van der Waals surface area contributed by atoms with E-state index >= 15 is 0 Å². The van der Waals surface area contributed by atoms with Gasteiger partial charge < -0.3 is 5.32 Å². The summed E-state index contributed by atoms with van der Waals surface area (Å²) in [5, 5.41) is 4.42. The number of hydrogen-bond acceptors (Lipinski definition) is 3. The number of hydrogen-bond donors (Lipinski definition) is 1. The number of carbonyl (C=O) groups excluding carboxylic acids is 1. The molecule has 0 radical (unpaired) electrons. The minimum absolute atomic E-state index is 0.0113. The van der Waals surface area contributed by atoms with Crippen molar-refractivity contribution in [2.45, 2.75) is 24.8 Å². The fourth-order valence-corrected chi connectivity index (χ4v) is 3.30. The van der Waals surface area contributed by atoms with Crippen molar-refractivity contribution in [2.24, 2.45) is 0 Å². The second-order valence-corrected chi connectivity index (χ2v) is 6.40. The molecule has 1 amide bonds. The molecular formula is C15H12Cl3N3O. The average molecular weight is 357 g/mol. The highest BCUT2D eigenvalue weighted by atomic mass is 35.5. The monoisotopic (exact) mass is 355 g/mol. The number of aromatic nitrogens is 2. The molecule has 7 heteroatoms. The summed E-state index contributed by atoms with van der Waals surface area (Å²) in [7, 11) is 0. The third-order valence-electron chi connectivity index (χ3n) is 3.84. The van der Waals surface area contributed by atoms with Gasteiger partial charge in [-0.15, -0.1) is 0 Å². The van der Waals surface area contributed by atoms with Crippen LogP contribution in [0.3, 0.4) is 0 Å². The average Bonchev–Trinajstić information content (AvgIpc) is 2.46. The number of rotatable bonds is 3. The smallest absolute Gasteiger partial charge is 0.271 e. The van der Waals surface area contributed by atoms with Crippen LogP contribution in [0.2, 0.25) is 15.1 Å². The van der Waals surface area contributed by atoms with Crippen molar-refractivity contribution in [1.29, 1.82) is 0 Å². The zero-order valence-corrected chi connectivity index (χ0v) is 13.7. The summed E-state index contributed by atoms with van der Waals surface area (Å²) in [5.41, 5.74) is 1.18. The van der Waals surface area contributed by atoms with Crippen LogP contribution in [0.4, 0.5) is 0 Å². The van der Waals surface area contributed by atoms with Crippen LogP contribution < -0.4 is 5.32 Å². The van der Waals surface area contributed by atoms with Crippen LogP contribution in [-0.4, -0.2) is 21.9 Å². The molecule has 2 unspecified atom stereocenters. The molecule has 1 aromatic carbocycles. The molecule has 1 heterocycles. The van der Waals surface area contributed by atoms with Crippen molar-refractivity contribution in [3.63, 3.8) is 0 Å². The van der Waals surface area contributed by atoms with Gasteiger partial charge in [-0.1, -0.05) is 40.9 Å². The normalized spacial score (nSPS) is 20.3. The van der Waals surface area contributed by atoms with E-state index < -0.39 is 0 Å². The lowest BCUT2D eigenvalue weighted by atomic mass is 9.75. The highest BCUT2D eigenvalue weighted by Gasteiger charge is 2.35. The zero-order chi connectivity index (χ0) is 15.7. The fraction of sp³-hybridized carbons (Fsp3) is 0.267. The molecular weight excluding hydrogens is 345 g/mol. The Morgan fingerprint density at radius 2 is 2.00 bits per heavy atom. The maximum absolute atomic E-state index is 12.2. The maximum Gasteiger partial charge on any atom is 0.271 e. The minimum atomic E-state index is -0.299. The molecule has 0 bridgehead atoms. The first kappa shape index (κ1) is 15.5. The van der Waals surface area contributed by atoms with E-state index in [0.717, 1.165) is 18.4 Å². The van der Waals surface area contributed by atoms with Crippen LogP contribution >= 0.6 is 34.8 Å². The van der Waals surface area contributed by atoms with E-state index in [4.69, 9.17) is 34.8 Å². The summed E-state index contributed by atoms with van der Waals surface area (Å²) < 4.78 is 0. The molecule has 1 saturated carbocycles. The molecule has 1 fully saturated rings. The summed E-state index contributed by atoms with van der Waals surface area (Å²) in [6.45, 7) is 0. The van der Waals surface area contributed by atoms with Gasteiger partial charge in [0.15, 0.2) is 0 Å². The quantitative estimate of drug-likeness (QED) is 0.900. The summed E-state index contributed by atoms with van der Waals surface area (Å²) in [4.78, 5) is 19.9. The van der Waals surface area contributed by atoms with Gasteiger partial charge in [-0.05, 0) is 30.5 Å². The first-order chi connectivity index (χ1) is 10.6. The van der Waals surface area contributed by atoms with Crippen molar-refractivity contribution < 1.29 is 4.79 Å². The van der Waals surface area contributed by atoms with Crippen molar-refractivity contribution in [3.05, 3.63) is 57.0 Å². The van der Waals surface area contributed by atoms with Crippen LogP contribution in [0.25, 0.3) is 0 Å². The van der Waals surface area contributed by atoms with E-state index in [-0.39, 0.29) is 28.6 Å². The van der Waals surface area contributed by atoms with Crippen molar-refractivity contribution in [3.8, 4) is 0 Å². The number of benzene rings is 1. The van der Waals surface area contributed by atoms with E-state index in [9.17, 15) is 4.79 Å². The van der Waals surface area contributed by atoms with Gasteiger partial charge in [-0.3, -0.25) is 4.79 Å².